The largest absolute Gasteiger partial charge is 0.496 e. The molecule has 126 valence electrons. The standard InChI is InChI=1S/C20H30N2O/c1-23-20-7-5-6-16-17-10-13-22(19(17)9-8-18(16)20)15-14-21-11-3-2-4-12-21/h5-7,17,19H,2-4,8-15H2,1H3/t17-,19+/m0/s1. The number of rotatable bonds is 4. The zero-order valence-corrected chi connectivity index (χ0v) is 14.5. The summed E-state index contributed by atoms with van der Waals surface area (Å²) in [6.45, 7) is 6.46. The molecule has 0 spiro atoms. The van der Waals surface area contributed by atoms with Crippen LogP contribution in [0.25, 0.3) is 0 Å². The van der Waals surface area contributed by atoms with Crippen LogP contribution in [0.15, 0.2) is 18.2 Å². The lowest BCUT2D eigenvalue weighted by Gasteiger charge is -2.35. The predicted molar refractivity (Wildman–Crippen MR) is 94.3 cm³/mol. The molecule has 2 fully saturated rings. The molecule has 3 aliphatic rings. The number of hydrogen-bond donors (Lipinski definition) is 0. The molecule has 2 saturated heterocycles. The molecule has 1 aromatic carbocycles. The minimum Gasteiger partial charge on any atom is -0.496 e. The van der Waals surface area contributed by atoms with Gasteiger partial charge >= 0.3 is 0 Å². The fourth-order valence-corrected chi connectivity index (χ4v) is 5.08. The van der Waals surface area contributed by atoms with E-state index in [-0.39, 0.29) is 0 Å². The van der Waals surface area contributed by atoms with E-state index in [4.69, 9.17) is 4.74 Å². The molecule has 1 aromatic rings. The highest BCUT2D eigenvalue weighted by molar-refractivity contribution is 5.45. The lowest BCUT2D eigenvalue weighted by atomic mass is 9.79. The first-order chi connectivity index (χ1) is 11.4. The lowest BCUT2D eigenvalue weighted by Crippen LogP contribution is -2.41. The molecule has 0 saturated carbocycles. The van der Waals surface area contributed by atoms with Gasteiger partial charge in [0.15, 0.2) is 0 Å². The summed E-state index contributed by atoms with van der Waals surface area (Å²) in [5.74, 6) is 1.84. The normalized spacial score (nSPS) is 28.4. The predicted octanol–water partition coefficient (Wildman–Crippen LogP) is 3.29. The molecular weight excluding hydrogens is 284 g/mol. The van der Waals surface area contributed by atoms with Gasteiger partial charge in [0.05, 0.1) is 7.11 Å². The zero-order chi connectivity index (χ0) is 15.6. The van der Waals surface area contributed by atoms with Crippen LogP contribution in [0.1, 0.15) is 49.1 Å². The molecule has 0 amide bonds. The highest BCUT2D eigenvalue weighted by Crippen LogP contribution is 2.43. The third-order valence-corrected chi connectivity index (χ3v) is 6.29. The van der Waals surface area contributed by atoms with Gasteiger partial charge in [-0.25, -0.2) is 0 Å². The summed E-state index contributed by atoms with van der Waals surface area (Å²) in [5.41, 5.74) is 3.05. The number of likely N-dealkylation sites (tertiary alicyclic amines) is 2. The molecule has 2 aliphatic heterocycles. The minimum atomic E-state index is 0.732. The van der Waals surface area contributed by atoms with Crippen LogP contribution < -0.4 is 4.74 Å². The smallest absolute Gasteiger partial charge is 0.122 e. The molecule has 0 bridgehead atoms. The van der Waals surface area contributed by atoms with E-state index in [1.807, 2.05) is 0 Å². The van der Waals surface area contributed by atoms with Crippen molar-refractivity contribution in [2.75, 3.05) is 39.8 Å². The Hall–Kier alpha value is -1.06. The Morgan fingerprint density at radius 1 is 1.04 bits per heavy atom. The van der Waals surface area contributed by atoms with Gasteiger partial charge in [-0.3, -0.25) is 4.90 Å². The number of fused-ring (bicyclic) bond motifs is 3. The van der Waals surface area contributed by atoms with Crippen molar-refractivity contribution in [1.29, 1.82) is 0 Å². The number of ether oxygens (including phenoxy) is 1. The molecule has 2 atom stereocenters. The second kappa shape index (κ2) is 6.82. The molecule has 4 rings (SSSR count). The number of nitrogens with zero attached hydrogens (tertiary/aromatic N) is 2. The summed E-state index contributed by atoms with van der Waals surface area (Å²) in [6.07, 6.45) is 8.05. The molecule has 0 aromatic heterocycles. The van der Waals surface area contributed by atoms with Crippen LogP contribution in [0.2, 0.25) is 0 Å². The van der Waals surface area contributed by atoms with E-state index in [2.05, 4.69) is 28.0 Å². The van der Waals surface area contributed by atoms with Gasteiger partial charge in [-0.1, -0.05) is 18.6 Å². The van der Waals surface area contributed by atoms with Gasteiger partial charge in [0.2, 0.25) is 0 Å². The second-order valence-electron chi connectivity index (χ2n) is 7.47. The average Bonchev–Trinajstić information content (AvgIpc) is 3.04. The van der Waals surface area contributed by atoms with Gasteiger partial charge < -0.3 is 9.64 Å². The summed E-state index contributed by atoms with van der Waals surface area (Å²) in [5, 5.41) is 0. The van der Waals surface area contributed by atoms with Crippen LogP contribution in [0.3, 0.4) is 0 Å². The van der Waals surface area contributed by atoms with E-state index in [1.54, 1.807) is 12.7 Å². The average molecular weight is 314 g/mol. The summed E-state index contributed by atoms with van der Waals surface area (Å²) >= 11 is 0. The Bertz CT molecular complexity index is 538. The van der Waals surface area contributed by atoms with Crippen molar-refractivity contribution in [3.63, 3.8) is 0 Å². The lowest BCUT2D eigenvalue weighted by molar-refractivity contribution is 0.164. The van der Waals surface area contributed by atoms with Crippen LogP contribution in [-0.4, -0.2) is 55.7 Å². The third kappa shape index (κ3) is 3.01. The molecule has 0 unspecified atom stereocenters. The summed E-state index contributed by atoms with van der Waals surface area (Å²) < 4.78 is 5.59. The van der Waals surface area contributed by atoms with Crippen LogP contribution in [0.4, 0.5) is 0 Å². The Balaban J connectivity index is 1.42. The van der Waals surface area contributed by atoms with Crippen LogP contribution in [0, 0.1) is 0 Å². The molecule has 0 N–H and O–H groups in total. The van der Waals surface area contributed by atoms with Gasteiger partial charge in [-0.05, 0) is 68.9 Å². The number of hydrogen-bond acceptors (Lipinski definition) is 3. The van der Waals surface area contributed by atoms with E-state index in [1.165, 1.54) is 76.8 Å². The van der Waals surface area contributed by atoms with Gasteiger partial charge in [0.1, 0.15) is 5.75 Å². The second-order valence-corrected chi connectivity index (χ2v) is 7.47. The van der Waals surface area contributed by atoms with Crippen molar-refractivity contribution in [3.8, 4) is 5.75 Å². The number of benzene rings is 1. The van der Waals surface area contributed by atoms with Crippen LogP contribution in [-0.2, 0) is 6.42 Å². The topological polar surface area (TPSA) is 15.7 Å². The maximum absolute atomic E-state index is 5.59. The monoisotopic (exact) mass is 314 g/mol. The highest BCUT2D eigenvalue weighted by Gasteiger charge is 2.39. The van der Waals surface area contributed by atoms with Gasteiger partial charge in [0.25, 0.3) is 0 Å². The molecule has 1 aliphatic carbocycles. The Morgan fingerprint density at radius 2 is 1.91 bits per heavy atom. The Labute approximate surface area is 140 Å². The van der Waals surface area contributed by atoms with Crippen LogP contribution >= 0.6 is 0 Å². The van der Waals surface area contributed by atoms with E-state index in [9.17, 15) is 0 Å². The van der Waals surface area contributed by atoms with Crippen molar-refractivity contribution < 1.29 is 4.74 Å². The highest BCUT2D eigenvalue weighted by atomic mass is 16.5. The molecular formula is C20H30N2O. The van der Waals surface area contributed by atoms with Gasteiger partial charge in [0, 0.05) is 25.0 Å². The summed E-state index contributed by atoms with van der Waals surface area (Å²) in [6, 6.07) is 7.42. The van der Waals surface area contributed by atoms with Crippen molar-refractivity contribution in [2.45, 2.75) is 50.5 Å². The van der Waals surface area contributed by atoms with E-state index >= 15 is 0 Å². The van der Waals surface area contributed by atoms with Crippen molar-refractivity contribution in [3.05, 3.63) is 29.3 Å². The molecule has 0 radical (unpaired) electrons. The molecule has 2 heterocycles. The first-order valence-corrected chi connectivity index (χ1v) is 9.49. The van der Waals surface area contributed by atoms with Crippen molar-refractivity contribution in [1.82, 2.24) is 9.80 Å². The summed E-state index contributed by atoms with van der Waals surface area (Å²) in [7, 11) is 1.81. The maximum Gasteiger partial charge on any atom is 0.122 e. The fourth-order valence-electron chi connectivity index (χ4n) is 5.08. The summed E-state index contributed by atoms with van der Waals surface area (Å²) in [4.78, 5) is 5.46. The molecule has 23 heavy (non-hydrogen) atoms. The SMILES string of the molecule is COc1cccc2c1CC[C@@H]1[C@H]2CCN1CCN1CCCCC1. The van der Waals surface area contributed by atoms with Gasteiger partial charge in [-0.2, -0.15) is 0 Å². The van der Waals surface area contributed by atoms with Crippen molar-refractivity contribution >= 4 is 0 Å². The first kappa shape index (κ1) is 15.5. The van der Waals surface area contributed by atoms with E-state index in [0.717, 1.165) is 17.7 Å². The quantitative estimate of drug-likeness (QED) is 0.848. The van der Waals surface area contributed by atoms with Crippen molar-refractivity contribution in [2.24, 2.45) is 0 Å². The number of methoxy groups -OCH3 is 1. The van der Waals surface area contributed by atoms with Gasteiger partial charge in [-0.15, -0.1) is 0 Å². The number of piperidine rings is 1. The van der Waals surface area contributed by atoms with E-state index < -0.39 is 0 Å². The zero-order valence-electron chi connectivity index (χ0n) is 14.5. The molecule has 3 heteroatoms. The fraction of sp³-hybridized carbons (Fsp3) is 0.700. The Kier molecular flexibility index (Phi) is 4.59. The minimum absolute atomic E-state index is 0.732. The van der Waals surface area contributed by atoms with Crippen LogP contribution in [0.5, 0.6) is 5.75 Å². The van der Waals surface area contributed by atoms with E-state index in [0.29, 0.717) is 0 Å². The molecule has 3 nitrogen and oxygen atoms in total. The third-order valence-electron chi connectivity index (χ3n) is 6.29. The first-order valence-electron chi connectivity index (χ1n) is 9.49. The maximum atomic E-state index is 5.59. The Morgan fingerprint density at radius 3 is 2.74 bits per heavy atom.